The predicted octanol–water partition coefficient (Wildman–Crippen LogP) is 2.84. The number of amides is 3. The molecule has 3 aliphatic rings. The van der Waals surface area contributed by atoms with E-state index in [0.717, 1.165) is 56.9 Å². The van der Waals surface area contributed by atoms with Crippen LogP contribution in [0.3, 0.4) is 0 Å². The molecule has 214 valence electrons. The molecule has 0 aromatic heterocycles. The molecule has 0 bridgehead atoms. The van der Waals surface area contributed by atoms with E-state index < -0.39 is 35.5 Å². The standard InChI is InChI=1S/C30H43N3O6/c1-19(31-28(36)22-10-6-7-11-22)27(35)33-25(17-21-12-14-23(38-3)15-13-21)29(37)32-24(16-20-8-4-5-9-20)26(34)30(2)18-39-30/h12-15,19-20,22,24-25H,4-11,16-18H2,1-3H3,(H,31,36)(H,32,37)(H,33,35)/t19?,24?,25?,30-/m1/s1. The Balaban J connectivity index is 1.46. The van der Waals surface area contributed by atoms with Gasteiger partial charge in [0.25, 0.3) is 0 Å². The van der Waals surface area contributed by atoms with Crippen LogP contribution in [0.15, 0.2) is 24.3 Å². The van der Waals surface area contributed by atoms with Gasteiger partial charge >= 0.3 is 0 Å². The highest BCUT2D eigenvalue weighted by Crippen LogP contribution is 2.33. The SMILES string of the molecule is COc1ccc(CC(NC(=O)C(C)NC(=O)C2CCCC2)C(=O)NC(CC2CCCC2)C(=O)[C@@]2(C)CO2)cc1. The molecule has 9 heteroatoms. The average molecular weight is 542 g/mol. The fourth-order valence-electron chi connectivity index (χ4n) is 5.79. The highest BCUT2D eigenvalue weighted by atomic mass is 16.6. The van der Waals surface area contributed by atoms with Crippen molar-refractivity contribution in [1.29, 1.82) is 0 Å². The number of ether oxygens (including phenoxy) is 2. The molecule has 0 spiro atoms. The number of carbonyl (C=O) groups is 4. The van der Waals surface area contributed by atoms with Crippen molar-refractivity contribution in [2.24, 2.45) is 11.8 Å². The molecule has 2 aliphatic carbocycles. The summed E-state index contributed by atoms with van der Waals surface area (Å²) < 4.78 is 10.7. The summed E-state index contributed by atoms with van der Waals surface area (Å²) in [6.07, 6.45) is 8.86. The van der Waals surface area contributed by atoms with Crippen molar-refractivity contribution < 1.29 is 28.7 Å². The molecule has 1 heterocycles. The predicted molar refractivity (Wildman–Crippen MR) is 146 cm³/mol. The summed E-state index contributed by atoms with van der Waals surface area (Å²) in [5, 5.41) is 8.62. The van der Waals surface area contributed by atoms with E-state index in [9.17, 15) is 19.2 Å². The van der Waals surface area contributed by atoms with Crippen LogP contribution >= 0.6 is 0 Å². The van der Waals surface area contributed by atoms with Crippen LogP contribution in [0.5, 0.6) is 5.75 Å². The summed E-state index contributed by atoms with van der Waals surface area (Å²) in [4.78, 5) is 52.7. The number of hydrogen-bond acceptors (Lipinski definition) is 6. The molecule has 1 aromatic carbocycles. The minimum Gasteiger partial charge on any atom is -0.497 e. The Labute approximate surface area is 231 Å². The van der Waals surface area contributed by atoms with E-state index in [-0.39, 0.29) is 24.0 Å². The molecule has 39 heavy (non-hydrogen) atoms. The number of Topliss-reactive ketones (excluding diaryl/α,β-unsaturated/α-hetero) is 1. The van der Waals surface area contributed by atoms with E-state index in [1.807, 2.05) is 12.1 Å². The van der Waals surface area contributed by atoms with Gasteiger partial charge in [-0.15, -0.1) is 0 Å². The monoisotopic (exact) mass is 541 g/mol. The summed E-state index contributed by atoms with van der Waals surface area (Å²) in [6, 6.07) is 4.89. The summed E-state index contributed by atoms with van der Waals surface area (Å²) in [5.41, 5.74) is -0.0281. The topological polar surface area (TPSA) is 126 Å². The zero-order valence-corrected chi connectivity index (χ0v) is 23.4. The van der Waals surface area contributed by atoms with Gasteiger partial charge in [0.2, 0.25) is 17.7 Å². The highest BCUT2D eigenvalue weighted by molar-refractivity contribution is 5.98. The second kappa shape index (κ2) is 12.9. The van der Waals surface area contributed by atoms with Crippen LogP contribution in [0.4, 0.5) is 0 Å². The lowest BCUT2D eigenvalue weighted by molar-refractivity contribution is -0.134. The number of benzene rings is 1. The van der Waals surface area contributed by atoms with Gasteiger partial charge in [0.15, 0.2) is 5.78 Å². The molecule has 3 unspecified atom stereocenters. The maximum atomic E-state index is 13.7. The van der Waals surface area contributed by atoms with E-state index in [1.54, 1.807) is 33.1 Å². The number of ketones is 1. The lowest BCUT2D eigenvalue weighted by Gasteiger charge is -2.27. The Morgan fingerprint density at radius 3 is 2.10 bits per heavy atom. The molecule has 2 saturated carbocycles. The first-order valence-corrected chi connectivity index (χ1v) is 14.4. The largest absolute Gasteiger partial charge is 0.497 e. The van der Waals surface area contributed by atoms with Gasteiger partial charge in [-0.3, -0.25) is 19.2 Å². The molecular formula is C30H43N3O6. The molecule has 1 aliphatic heterocycles. The van der Waals surface area contributed by atoms with Crippen LogP contribution in [0.1, 0.15) is 77.2 Å². The first kappa shape index (κ1) is 29.1. The second-order valence-electron chi connectivity index (χ2n) is 11.7. The van der Waals surface area contributed by atoms with Crippen molar-refractivity contribution in [3.8, 4) is 5.75 Å². The fraction of sp³-hybridized carbons (Fsp3) is 0.667. The lowest BCUT2D eigenvalue weighted by atomic mass is 9.90. The van der Waals surface area contributed by atoms with Gasteiger partial charge < -0.3 is 25.4 Å². The van der Waals surface area contributed by atoms with Crippen LogP contribution in [-0.2, 0) is 30.3 Å². The first-order chi connectivity index (χ1) is 18.7. The summed E-state index contributed by atoms with van der Waals surface area (Å²) in [7, 11) is 1.58. The van der Waals surface area contributed by atoms with Crippen molar-refractivity contribution in [2.45, 2.75) is 102 Å². The average Bonchev–Trinajstić information content (AvgIpc) is 3.32. The number of nitrogens with one attached hydrogen (secondary N) is 3. The smallest absolute Gasteiger partial charge is 0.243 e. The van der Waals surface area contributed by atoms with Crippen molar-refractivity contribution in [2.75, 3.05) is 13.7 Å². The number of methoxy groups -OCH3 is 1. The third-order valence-corrected chi connectivity index (χ3v) is 8.49. The quantitative estimate of drug-likeness (QED) is 0.330. The molecule has 3 N–H and O–H groups in total. The highest BCUT2D eigenvalue weighted by Gasteiger charge is 2.50. The van der Waals surface area contributed by atoms with E-state index in [0.29, 0.717) is 24.7 Å². The molecule has 1 aromatic rings. The van der Waals surface area contributed by atoms with Gasteiger partial charge in [-0.2, -0.15) is 0 Å². The van der Waals surface area contributed by atoms with Crippen LogP contribution in [0.2, 0.25) is 0 Å². The van der Waals surface area contributed by atoms with Gasteiger partial charge in [-0.05, 0) is 56.7 Å². The Morgan fingerprint density at radius 1 is 0.923 bits per heavy atom. The Hall–Kier alpha value is -2.94. The Kier molecular flexibility index (Phi) is 9.64. The van der Waals surface area contributed by atoms with E-state index in [1.165, 1.54) is 0 Å². The number of hydrogen-bond donors (Lipinski definition) is 3. The van der Waals surface area contributed by atoms with Crippen LogP contribution in [0, 0.1) is 11.8 Å². The molecule has 3 fully saturated rings. The van der Waals surface area contributed by atoms with Crippen LogP contribution < -0.4 is 20.7 Å². The zero-order chi connectivity index (χ0) is 28.0. The molecule has 3 amide bonds. The third kappa shape index (κ3) is 7.81. The Morgan fingerprint density at radius 2 is 1.51 bits per heavy atom. The van der Waals surface area contributed by atoms with Crippen molar-refractivity contribution >= 4 is 23.5 Å². The van der Waals surface area contributed by atoms with Crippen molar-refractivity contribution in [3.05, 3.63) is 29.8 Å². The lowest BCUT2D eigenvalue weighted by Crippen LogP contribution is -2.57. The van der Waals surface area contributed by atoms with Gasteiger partial charge in [0.05, 0.1) is 19.8 Å². The number of rotatable bonds is 13. The van der Waals surface area contributed by atoms with Crippen LogP contribution in [0.25, 0.3) is 0 Å². The summed E-state index contributed by atoms with van der Waals surface area (Å²) in [5.74, 6) is -0.0954. The number of epoxide rings is 1. The van der Waals surface area contributed by atoms with E-state index >= 15 is 0 Å². The van der Waals surface area contributed by atoms with Crippen molar-refractivity contribution in [3.63, 3.8) is 0 Å². The van der Waals surface area contributed by atoms with E-state index in [2.05, 4.69) is 16.0 Å². The Bertz CT molecular complexity index is 1030. The molecule has 1 saturated heterocycles. The molecular weight excluding hydrogens is 498 g/mol. The molecule has 9 nitrogen and oxygen atoms in total. The summed E-state index contributed by atoms with van der Waals surface area (Å²) >= 11 is 0. The normalized spacial score (nSPS) is 23.5. The molecule has 4 atom stereocenters. The van der Waals surface area contributed by atoms with Crippen molar-refractivity contribution in [1.82, 2.24) is 16.0 Å². The van der Waals surface area contributed by atoms with Gasteiger partial charge in [-0.25, -0.2) is 0 Å². The third-order valence-electron chi connectivity index (χ3n) is 8.49. The van der Waals surface area contributed by atoms with Gasteiger partial charge in [0.1, 0.15) is 23.4 Å². The van der Waals surface area contributed by atoms with E-state index in [4.69, 9.17) is 9.47 Å². The minimum absolute atomic E-state index is 0.0630. The first-order valence-electron chi connectivity index (χ1n) is 14.4. The van der Waals surface area contributed by atoms with Gasteiger partial charge in [0, 0.05) is 12.3 Å². The molecule has 4 rings (SSSR count). The fourth-order valence-corrected chi connectivity index (χ4v) is 5.79. The van der Waals surface area contributed by atoms with Gasteiger partial charge in [-0.1, -0.05) is 50.7 Å². The minimum atomic E-state index is -0.927. The second-order valence-corrected chi connectivity index (χ2v) is 11.7. The number of carbonyl (C=O) groups excluding carboxylic acids is 4. The molecule has 0 radical (unpaired) electrons. The zero-order valence-electron chi connectivity index (χ0n) is 23.4. The maximum Gasteiger partial charge on any atom is 0.243 e. The maximum absolute atomic E-state index is 13.7. The van der Waals surface area contributed by atoms with Crippen LogP contribution in [-0.4, -0.2) is 60.9 Å². The summed E-state index contributed by atoms with van der Waals surface area (Å²) in [6.45, 7) is 3.74.